The Morgan fingerprint density at radius 3 is 2.81 bits per heavy atom. The predicted octanol–water partition coefficient (Wildman–Crippen LogP) is 1.79. The molecule has 2 aromatic rings. The molecule has 21 heavy (non-hydrogen) atoms. The molecule has 0 radical (unpaired) electrons. The van der Waals surface area contributed by atoms with Crippen molar-refractivity contribution in [2.45, 2.75) is 31.3 Å². The summed E-state index contributed by atoms with van der Waals surface area (Å²) in [5, 5.41) is 9.41. The van der Waals surface area contributed by atoms with E-state index in [2.05, 4.69) is 19.9 Å². The molecule has 5 nitrogen and oxygen atoms in total. The zero-order valence-corrected chi connectivity index (χ0v) is 12.2. The largest absolute Gasteiger partial charge is 0.393 e. The number of hydrogen-bond donors (Lipinski definition) is 1. The second-order valence-electron chi connectivity index (χ2n) is 5.62. The van der Waals surface area contributed by atoms with Crippen molar-refractivity contribution in [3.05, 3.63) is 48.2 Å². The van der Waals surface area contributed by atoms with Crippen LogP contribution in [0.25, 0.3) is 0 Å². The van der Waals surface area contributed by atoms with Crippen molar-refractivity contribution in [1.29, 1.82) is 0 Å². The van der Waals surface area contributed by atoms with Gasteiger partial charge >= 0.3 is 0 Å². The Balaban J connectivity index is 1.62. The molecule has 0 bridgehead atoms. The number of pyridine rings is 1. The van der Waals surface area contributed by atoms with Crippen molar-refractivity contribution in [3.63, 3.8) is 0 Å². The maximum atomic E-state index is 9.41. The van der Waals surface area contributed by atoms with Crippen LogP contribution in [0.5, 0.6) is 0 Å². The van der Waals surface area contributed by atoms with Crippen LogP contribution in [0.1, 0.15) is 30.1 Å². The maximum Gasteiger partial charge on any atom is 0.131 e. The maximum absolute atomic E-state index is 9.41. The van der Waals surface area contributed by atoms with E-state index >= 15 is 0 Å². The highest BCUT2D eigenvalue weighted by molar-refractivity contribution is 5.39. The molecule has 0 saturated heterocycles. The summed E-state index contributed by atoms with van der Waals surface area (Å²) in [6.45, 7) is 0.862. The number of likely N-dealkylation sites (N-methyl/N-ethyl adjacent to an activating group) is 1. The molecule has 0 amide bonds. The van der Waals surface area contributed by atoms with Crippen molar-refractivity contribution in [2.75, 3.05) is 18.5 Å². The van der Waals surface area contributed by atoms with Crippen molar-refractivity contribution >= 4 is 5.82 Å². The van der Waals surface area contributed by atoms with E-state index in [1.165, 1.54) is 0 Å². The molecule has 0 unspecified atom stereocenters. The van der Waals surface area contributed by atoms with Gasteiger partial charge in [-0.15, -0.1) is 0 Å². The molecule has 0 aliphatic heterocycles. The second kappa shape index (κ2) is 6.18. The molecule has 1 N–H and O–H groups in total. The monoisotopic (exact) mass is 284 g/mol. The van der Waals surface area contributed by atoms with E-state index in [0.717, 1.165) is 43.0 Å². The summed E-state index contributed by atoms with van der Waals surface area (Å²) in [6.07, 6.45) is 5.79. The average Bonchev–Trinajstić information content (AvgIpc) is 2.50. The lowest BCUT2D eigenvalue weighted by atomic mass is 9.80. The molecule has 1 aliphatic rings. The minimum absolute atomic E-state index is 0.157. The summed E-state index contributed by atoms with van der Waals surface area (Å²) in [4.78, 5) is 15.1. The highest BCUT2D eigenvalue weighted by Crippen LogP contribution is 2.36. The number of anilines is 1. The SMILES string of the molecule is CN(CCc1ccccn1)c1cc(C2CC(O)C2)ncn1. The summed E-state index contributed by atoms with van der Waals surface area (Å²) in [5.74, 6) is 1.31. The molecule has 2 heterocycles. The first kappa shape index (κ1) is 13.9. The molecular weight excluding hydrogens is 264 g/mol. The smallest absolute Gasteiger partial charge is 0.131 e. The number of nitrogens with zero attached hydrogens (tertiary/aromatic N) is 4. The molecule has 0 aromatic carbocycles. The standard InChI is InChI=1S/C16H20N4O/c1-20(7-5-13-4-2-3-6-17-13)16-10-15(18-11-19-16)12-8-14(21)9-12/h2-4,6,10-12,14,21H,5,7-9H2,1H3. The van der Waals surface area contributed by atoms with Crippen LogP contribution in [0.2, 0.25) is 0 Å². The topological polar surface area (TPSA) is 62.1 Å². The molecule has 0 atom stereocenters. The quantitative estimate of drug-likeness (QED) is 0.907. The Kier molecular flexibility index (Phi) is 4.10. The second-order valence-corrected chi connectivity index (χ2v) is 5.62. The van der Waals surface area contributed by atoms with Gasteiger partial charge in [0.1, 0.15) is 12.1 Å². The minimum atomic E-state index is -0.157. The number of rotatable bonds is 5. The van der Waals surface area contributed by atoms with E-state index in [0.29, 0.717) is 5.92 Å². The first-order valence-electron chi connectivity index (χ1n) is 7.33. The fourth-order valence-electron chi connectivity index (χ4n) is 2.57. The van der Waals surface area contributed by atoms with E-state index < -0.39 is 0 Å². The van der Waals surface area contributed by atoms with Crippen LogP contribution in [0.4, 0.5) is 5.82 Å². The van der Waals surface area contributed by atoms with Crippen LogP contribution in [0, 0.1) is 0 Å². The van der Waals surface area contributed by atoms with E-state index in [1.807, 2.05) is 37.5 Å². The van der Waals surface area contributed by atoms with Gasteiger partial charge in [-0.3, -0.25) is 4.98 Å². The lowest BCUT2D eigenvalue weighted by Gasteiger charge is -2.31. The molecular formula is C16H20N4O. The van der Waals surface area contributed by atoms with E-state index in [-0.39, 0.29) is 6.10 Å². The zero-order chi connectivity index (χ0) is 14.7. The summed E-state index contributed by atoms with van der Waals surface area (Å²) < 4.78 is 0. The number of aromatic nitrogens is 3. The highest BCUT2D eigenvalue weighted by Gasteiger charge is 2.29. The Morgan fingerprint density at radius 2 is 2.10 bits per heavy atom. The van der Waals surface area contributed by atoms with Gasteiger partial charge in [0.15, 0.2) is 0 Å². The van der Waals surface area contributed by atoms with Crippen molar-refractivity contribution in [1.82, 2.24) is 15.0 Å². The molecule has 110 valence electrons. The summed E-state index contributed by atoms with van der Waals surface area (Å²) in [5.41, 5.74) is 2.12. The Hall–Kier alpha value is -2.01. The highest BCUT2D eigenvalue weighted by atomic mass is 16.3. The summed E-state index contributed by atoms with van der Waals surface area (Å²) >= 11 is 0. The third kappa shape index (κ3) is 3.36. The van der Waals surface area contributed by atoms with Crippen LogP contribution >= 0.6 is 0 Å². The van der Waals surface area contributed by atoms with Gasteiger partial charge in [-0.25, -0.2) is 9.97 Å². The molecule has 2 aromatic heterocycles. The summed E-state index contributed by atoms with van der Waals surface area (Å²) in [7, 11) is 2.03. The first-order valence-corrected chi connectivity index (χ1v) is 7.33. The average molecular weight is 284 g/mol. The zero-order valence-electron chi connectivity index (χ0n) is 12.2. The van der Waals surface area contributed by atoms with Gasteiger partial charge in [-0.05, 0) is 25.0 Å². The fraction of sp³-hybridized carbons (Fsp3) is 0.438. The van der Waals surface area contributed by atoms with Gasteiger partial charge in [0.05, 0.1) is 6.10 Å². The lowest BCUT2D eigenvalue weighted by molar-refractivity contribution is 0.0732. The van der Waals surface area contributed by atoms with Gasteiger partial charge < -0.3 is 10.0 Å². The number of aliphatic hydroxyl groups is 1. The van der Waals surface area contributed by atoms with E-state index in [1.54, 1.807) is 6.33 Å². The minimum Gasteiger partial charge on any atom is -0.393 e. The molecule has 1 aliphatic carbocycles. The Morgan fingerprint density at radius 1 is 1.24 bits per heavy atom. The van der Waals surface area contributed by atoms with Gasteiger partial charge in [-0.2, -0.15) is 0 Å². The third-order valence-electron chi connectivity index (χ3n) is 4.03. The van der Waals surface area contributed by atoms with Crippen LogP contribution in [0.15, 0.2) is 36.8 Å². The van der Waals surface area contributed by atoms with Gasteiger partial charge in [0.25, 0.3) is 0 Å². The molecule has 1 saturated carbocycles. The van der Waals surface area contributed by atoms with Crippen LogP contribution in [-0.2, 0) is 6.42 Å². The van der Waals surface area contributed by atoms with Crippen LogP contribution < -0.4 is 4.90 Å². The lowest BCUT2D eigenvalue weighted by Crippen LogP contribution is -2.28. The van der Waals surface area contributed by atoms with Crippen molar-refractivity contribution in [2.24, 2.45) is 0 Å². The number of aliphatic hydroxyl groups excluding tert-OH is 1. The molecule has 5 heteroatoms. The van der Waals surface area contributed by atoms with Gasteiger partial charge in [0.2, 0.25) is 0 Å². The Labute approximate surface area is 124 Å². The predicted molar refractivity (Wildman–Crippen MR) is 81.2 cm³/mol. The van der Waals surface area contributed by atoms with E-state index in [4.69, 9.17) is 0 Å². The normalized spacial score (nSPS) is 20.9. The van der Waals surface area contributed by atoms with Gasteiger partial charge in [-0.1, -0.05) is 6.07 Å². The molecule has 3 rings (SSSR count). The fourth-order valence-corrected chi connectivity index (χ4v) is 2.57. The molecule has 1 fully saturated rings. The van der Waals surface area contributed by atoms with E-state index in [9.17, 15) is 5.11 Å². The van der Waals surface area contributed by atoms with Crippen molar-refractivity contribution in [3.8, 4) is 0 Å². The number of hydrogen-bond acceptors (Lipinski definition) is 5. The Bertz CT molecular complexity index is 584. The van der Waals surface area contributed by atoms with Crippen molar-refractivity contribution < 1.29 is 5.11 Å². The molecule has 0 spiro atoms. The van der Waals surface area contributed by atoms with Gasteiger partial charge in [0, 0.05) is 49.6 Å². The first-order chi connectivity index (χ1) is 10.2. The van der Waals surface area contributed by atoms with Crippen LogP contribution in [0.3, 0.4) is 0 Å². The van der Waals surface area contributed by atoms with Crippen LogP contribution in [-0.4, -0.2) is 39.8 Å². The third-order valence-corrected chi connectivity index (χ3v) is 4.03. The summed E-state index contributed by atoms with van der Waals surface area (Å²) in [6, 6.07) is 8.01.